The van der Waals surface area contributed by atoms with Gasteiger partial charge in [0.1, 0.15) is 11.5 Å². The highest BCUT2D eigenvalue weighted by Gasteiger charge is 2.13. The van der Waals surface area contributed by atoms with Gasteiger partial charge in [0.25, 0.3) is 5.56 Å². The largest absolute Gasteiger partial charge is 0.311 e. The van der Waals surface area contributed by atoms with Crippen LogP contribution in [-0.2, 0) is 0 Å². The molecule has 0 bridgehead atoms. The Bertz CT molecular complexity index is 598. The van der Waals surface area contributed by atoms with E-state index >= 15 is 0 Å². The van der Waals surface area contributed by atoms with Gasteiger partial charge in [0.2, 0.25) is 5.82 Å². The Morgan fingerprint density at radius 1 is 1.31 bits per heavy atom. The van der Waals surface area contributed by atoms with Gasteiger partial charge in [-0.25, -0.2) is 9.37 Å². The summed E-state index contributed by atoms with van der Waals surface area (Å²) in [6.07, 6.45) is 1.06. The predicted octanol–water partition coefficient (Wildman–Crippen LogP) is 2.37. The van der Waals surface area contributed by atoms with Crippen molar-refractivity contribution in [2.45, 2.75) is 0 Å². The summed E-state index contributed by atoms with van der Waals surface area (Å²) in [7, 11) is 0. The van der Waals surface area contributed by atoms with Crippen molar-refractivity contribution < 1.29 is 8.78 Å². The van der Waals surface area contributed by atoms with Gasteiger partial charge in [0.05, 0.1) is 11.3 Å². The quantitative estimate of drug-likeness (QED) is 0.834. The van der Waals surface area contributed by atoms with Gasteiger partial charge < -0.3 is 4.98 Å². The fraction of sp³-hybridized carbons (Fsp3) is 0. The molecule has 2 rings (SSSR count). The van der Waals surface area contributed by atoms with Crippen molar-refractivity contribution in [3.05, 3.63) is 51.5 Å². The third-order valence-electron chi connectivity index (χ3n) is 1.98. The Balaban J connectivity index is 2.68. The van der Waals surface area contributed by atoms with Crippen molar-refractivity contribution in [3.8, 4) is 11.3 Å². The average molecular weight is 243 g/mol. The number of aromatic amines is 1. The Morgan fingerprint density at radius 2 is 2.06 bits per heavy atom. The van der Waals surface area contributed by atoms with E-state index in [1.165, 1.54) is 6.07 Å². The van der Waals surface area contributed by atoms with E-state index in [4.69, 9.17) is 11.6 Å². The van der Waals surface area contributed by atoms with Crippen LogP contribution in [-0.4, -0.2) is 9.97 Å². The molecule has 0 unspecified atom stereocenters. The number of benzene rings is 1. The molecule has 0 spiro atoms. The first-order valence-corrected chi connectivity index (χ1v) is 4.66. The molecule has 0 radical (unpaired) electrons. The zero-order valence-corrected chi connectivity index (χ0v) is 8.55. The second-order valence-electron chi connectivity index (χ2n) is 3.02. The summed E-state index contributed by atoms with van der Waals surface area (Å²) >= 11 is 5.73. The first-order chi connectivity index (χ1) is 7.59. The normalized spacial score (nSPS) is 10.4. The maximum atomic E-state index is 13.4. The number of H-pyrrole nitrogens is 1. The third-order valence-corrected chi connectivity index (χ3v) is 2.30. The van der Waals surface area contributed by atoms with Gasteiger partial charge in [-0.05, 0) is 18.2 Å². The Kier molecular flexibility index (Phi) is 2.70. The van der Waals surface area contributed by atoms with Crippen LogP contribution >= 0.6 is 11.6 Å². The van der Waals surface area contributed by atoms with Gasteiger partial charge >= 0.3 is 0 Å². The highest BCUT2D eigenvalue weighted by Crippen LogP contribution is 2.27. The fourth-order valence-corrected chi connectivity index (χ4v) is 1.51. The van der Waals surface area contributed by atoms with E-state index < -0.39 is 17.2 Å². The van der Waals surface area contributed by atoms with Crippen molar-refractivity contribution in [2.75, 3.05) is 0 Å². The van der Waals surface area contributed by atoms with Crippen LogP contribution in [0.4, 0.5) is 8.78 Å². The minimum Gasteiger partial charge on any atom is -0.311 e. The number of halogens is 3. The minimum absolute atomic E-state index is 0.00278. The Labute approximate surface area is 93.7 Å². The molecule has 0 fully saturated rings. The second kappa shape index (κ2) is 4.02. The SMILES string of the molecule is O=c1[nH]cnc(-c2ccc(F)cc2Cl)c1F. The zero-order valence-electron chi connectivity index (χ0n) is 7.80. The van der Waals surface area contributed by atoms with Crippen molar-refractivity contribution in [2.24, 2.45) is 0 Å². The molecule has 0 aliphatic heterocycles. The summed E-state index contributed by atoms with van der Waals surface area (Å²) in [5.74, 6) is -1.59. The monoisotopic (exact) mass is 242 g/mol. The molecule has 0 amide bonds. The summed E-state index contributed by atoms with van der Waals surface area (Å²) in [5.41, 5.74) is -0.925. The van der Waals surface area contributed by atoms with Gasteiger partial charge in [0, 0.05) is 5.56 Å². The van der Waals surface area contributed by atoms with Crippen LogP contribution in [0.1, 0.15) is 0 Å². The predicted molar refractivity (Wildman–Crippen MR) is 55.2 cm³/mol. The van der Waals surface area contributed by atoms with Crippen molar-refractivity contribution >= 4 is 11.6 Å². The molecule has 1 aromatic heterocycles. The topological polar surface area (TPSA) is 45.8 Å². The molecule has 0 aliphatic rings. The number of rotatable bonds is 1. The molecular formula is C10H5ClF2N2O. The number of hydrogen-bond acceptors (Lipinski definition) is 2. The first-order valence-electron chi connectivity index (χ1n) is 4.28. The number of nitrogens with zero attached hydrogens (tertiary/aromatic N) is 1. The van der Waals surface area contributed by atoms with E-state index in [1.807, 2.05) is 0 Å². The highest BCUT2D eigenvalue weighted by molar-refractivity contribution is 6.33. The lowest BCUT2D eigenvalue weighted by atomic mass is 10.1. The average Bonchev–Trinajstić information content (AvgIpc) is 2.23. The summed E-state index contributed by atoms with van der Waals surface area (Å²) in [6, 6.07) is 3.41. The van der Waals surface area contributed by atoms with Crippen LogP contribution in [0.25, 0.3) is 11.3 Å². The molecule has 2 aromatic rings. The lowest BCUT2D eigenvalue weighted by Crippen LogP contribution is -2.12. The number of hydrogen-bond donors (Lipinski definition) is 1. The van der Waals surface area contributed by atoms with E-state index in [0.29, 0.717) is 0 Å². The molecule has 0 saturated heterocycles. The molecule has 82 valence electrons. The molecule has 6 heteroatoms. The fourth-order valence-electron chi connectivity index (χ4n) is 1.25. The van der Waals surface area contributed by atoms with Gasteiger partial charge in [-0.2, -0.15) is 4.39 Å². The molecule has 16 heavy (non-hydrogen) atoms. The molecule has 1 heterocycles. The van der Waals surface area contributed by atoms with Gasteiger partial charge in [-0.3, -0.25) is 4.79 Å². The first kappa shape index (κ1) is 10.8. The summed E-state index contributed by atoms with van der Waals surface area (Å²) in [5, 5.41) is -0.00278. The van der Waals surface area contributed by atoms with Crippen LogP contribution < -0.4 is 5.56 Å². The van der Waals surface area contributed by atoms with Crippen LogP contribution in [0.3, 0.4) is 0 Å². The van der Waals surface area contributed by atoms with E-state index in [2.05, 4.69) is 9.97 Å². The third kappa shape index (κ3) is 1.81. The summed E-state index contributed by atoms with van der Waals surface area (Å²) < 4.78 is 26.2. The molecule has 0 saturated carbocycles. The van der Waals surface area contributed by atoms with E-state index in [-0.39, 0.29) is 16.3 Å². The second-order valence-corrected chi connectivity index (χ2v) is 3.43. The zero-order chi connectivity index (χ0) is 11.7. The van der Waals surface area contributed by atoms with E-state index in [1.54, 1.807) is 0 Å². The smallest absolute Gasteiger partial charge is 0.287 e. The van der Waals surface area contributed by atoms with Gasteiger partial charge in [-0.1, -0.05) is 11.6 Å². The van der Waals surface area contributed by atoms with Crippen molar-refractivity contribution in [3.63, 3.8) is 0 Å². The van der Waals surface area contributed by atoms with Crippen molar-refractivity contribution in [1.82, 2.24) is 9.97 Å². The van der Waals surface area contributed by atoms with Crippen LogP contribution in [0.5, 0.6) is 0 Å². The molecule has 3 nitrogen and oxygen atoms in total. The number of aromatic nitrogens is 2. The van der Waals surface area contributed by atoms with Crippen LogP contribution in [0.2, 0.25) is 5.02 Å². The minimum atomic E-state index is -1.05. The van der Waals surface area contributed by atoms with E-state index in [0.717, 1.165) is 18.5 Å². The molecule has 0 atom stereocenters. The maximum Gasteiger partial charge on any atom is 0.287 e. The molecule has 0 aliphatic carbocycles. The van der Waals surface area contributed by atoms with E-state index in [9.17, 15) is 13.6 Å². The van der Waals surface area contributed by atoms with Crippen LogP contribution in [0.15, 0.2) is 29.3 Å². The van der Waals surface area contributed by atoms with Crippen molar-refractivity contribution in [1.29, 1.82) is 0 Å². The van der Waals surface area contributed by atoms with Crippen LogP contribution in [0, 0.1) is 11.6 Å². The summed E-state index contributed by atoms with van der Waals surface area (Å²) in [4.78, 5) is 16.7. The highest BCUT2D eigenvalue weighted by atomic mass is 35.5. The number of nitrogens with one attached hydrogen (secondary N) is 1. The Hall–Kier alpha value is -1.75. The molecular weight excluding hydrogens is 238 g/mol. The maximum absolute atomic E-state index is 13.4. The standard InChI is InChI=1S/C10H5ClF2N2O/c11-7-3-5(12)1-2-6(7)9-8(13)10(16)15-4-14-9/h1-4H,(H,14,15,16). The lowest BCUT2D eigenvalue weighted by Gasteiger charge is -2.03. The lowest BCUT2D eigenvalue weighted by molar-refractivity contribution is 0.604. The van der Waals surface area contributed by atoms with Gasteiger partial charge in [0.15, 0.2) is 0 Å². The Morgan fingerprint density at radius 3 is 2.75 bits per heavy atom. The summed E-state index contributed by atoms with van der Waals surface area (Å²) in [6.45, 7) is 0. The van der Waals surface area contributed by atoms with Gasteiger partial charge in [-0.15, -0.1) is 0 Å². The molecule has 1 N–H and O–H groups in total. The molecule has 1 aromatic carbocycles.